The zero-order chi connectivity index (χ0) is 14.0. The number of hydrogen-bond acceptors (Lipinski definition) is 2. The minimum Gasteiger partial charge on any atom is -0.380 e. The van der Waals surface area contributed by atoms with Crippen molar-refractivity contribution in [2.24, 2.45) is 5.92 Å². The average Bonchev–Trinajstić information content (AvgIpc) is 3.28. The maximum atomic E-state index is 11.4. The molecule has 1 N–H and O–H groups in total. The Bertz CT molecular complexity index is 511. The third-order valence-corrected chi connectivity index (χ3v) is 4.08. The fourth-order valence-electron chi connectivity index (χ4n) is 2.99. The monoisotopic (exact) mass is 268 g/mol. The van der Waals surface area contributed by atoms with Crippen molar-refractivity contribution < 1.29 is 9.84 Å². The summed E-state index contributed by atoms with van der Waals surface area (Å²) < 4.78 is 5.69. The summed E-state index contributed by atoms with van der Waals surface area (Å²) in [4.78, 5) is 0. The topological polar surface area (TPSA) is 29.5 Å². The minimum absolute atomic E-state index is 0.132. The predicted octanol–water partition coefficient (Wildman–Crippen LogP) is 3.35. The Labute approximate surface area is 120 Å². The number of aliphatic hydroxyl groups is 1. The van der Waals surface area contributed by atoms with Gasteiger partial charge in [-0.1, -0.05) is 60.7 Å². The van der Waals surface area contributed by atoms with Crippen LogP contribution in [0.25, 0.3) is 0 Å². The van der Waals surface area contributed by atoms with Gasteiger partial charge in [-0.15, -0.1) is 0 Å². The number of benzene rings is 2. The molecule has 2 aromatic carbocycles. The summed E-state index contributed by atoms with van der Waals surface area (Å²) in [6.45, 7) is 2.69. The SMILES string of the molecule is CCO[C@H]1C[C@@H]1C(O)(c1ccccc1)c1ccccc1. The molecule has 2 nitrogen and oxygen atoms in total. The van der Waals surface area contributed by atoms with E-state index in [9.17, 15) is 5.11 Å². The molecule has 1 aliphatic carbocycles. The first-order valence-corrected chi connectivity index (χ1v) is 7.21. The highest BCUT2D eigenvalue weighted by molar-refractivity contribution is 5.39. The maximum absolute atomic E-state index is 11.4. The fraction of sp³-hybridized carbons (Fsp3) is 0.333. The smallest absolute Gasteiger partial charge is 0.120 e. The standard InChI is InChI=1S/C18H20O2/c1-2-20-17-13-16(17)18(19,14-9-5-3-6-10-14)15-11-7-4-8-12-15/h3-12,16-17,19H,2,13H2,1H3/t16-,17-/m0/s1. The molecule has 20 heavy (non-hydrogen) atoms. The first-order chi connectivity index (χ1) is 9.76. The molecule has 0 spiro atoms. The molecule has 2 aromatic rings. The van der Waals surface area contributed by atoms with Crippen LogP contribution in [-0.2, 0) is 10.3 Å². The van der Waals surface area contributed by atoms with Crippen LogP contribution in [0.3, 0.4) is 0 Å². The summed E-state index contributed by atoms with van der Waals surface area (Å²) in [5.74, 6) is 0.132. The molecule has 2 atom stereocenters. The predicted molar refractivity (Wildman–Crippen MR) is 79.4 cm³/mol. The highest BCUT2D eigenvalue weighted by atomic mass is 16.5. The van der Waals surface area contributed by atoms with Gasteiger partial charge >= 0.3 is 0 Å². The second kappa shape index (κ2) is 5.39. The highest BCUT2D eigenvalue weighted by Gasteiger charge is 2.54. The van der Waals surface area contributed by atoms with Crippen LogP contribution < -0.4 is 0 Å². The van der Waals surface area contributed by atoms with E-state index in [2.05, 4.69) is 0 Å². The van der Waals surface area contributed by atoms with Gasteiger partial charge in [-0.3, -0.25) is 0 Å². The zero-order valence-electron chi connectivity index (χ0n) is 11.7. The lowest BCUT2D eigenvalue weighted by atomic mass is 9.82. The Morgan fingerprint density at radius 3 is 1.95 bits per heavy atom. The number of ether oxygens (including phenoxy) is 1. The van der Waals surface area contributed by atoms with Gasteiger partial charge in [0, 0.05) is 12.5 Å². The maximum Gasteiger partial charge on any atom is 0.120 e. The van der Waals surface area contributed by atoms with Crippen LogP contribution in [0.5, 0.6) is 0 Å². The van der Waals surface area contributed by atoms with Gasteiger partial charge in [-0.05, 0) is 24.5 Å². The van der Waals surface area contributed by atoms with Crippen molar-refractivity contribution in [3.8, 4) is 0 Å². The lowest BCUT2D eigenvalue weighted by Gasteiger charge is -2.30. The molecule has 0 unspecified atom stereocenters. The summed E-state index contributed by atoms with van der Waals surface area (Å²) in [6.07, 6.45) is 1.07. The van der Waals surface area contributed by atoms with Crippen molar-refractivity contribution in [2.75, 3.05) is 6.61 Å². The van der Waals surface area contributed by atoms with Crippen molar-refractivity contribution >= 4 is 0 Å². The molecule has 1 aliphatic rings. The van der Waals surface area contributed by atoms with Crippen LogP contribution in [0.2, 0.25) is 0 Å². The van der Waals surface area contributed by atoms with E-state index in [0.717, 1.165) is 17.5 Å². The third-order valence-electron chi connectivity index (χ3n) is 4.08. The molecule has 0 amide bonds. The minimum atomic E-state index is -0.956. The van der Waals surface area contributed by atoms with Gasteiger partial charge in [0.1, 0.15) is 5.60 Å². The van der Waals surface area contributed by atoms with Gasteiger partial charge in [-0.2, -0.15) is 0 Å². The molecule has 1 fully saturated rings. The zero-order valence-corrected chi connectivity index (χ0v) is 11.7. The molecule has 104 valence electrons. The Hall–Kier alpha value is -1.64. The van der Waals surface area contributed by atoms with E-state index in [1.807, 2.05) is 67.6 Å². The molecule has 0 saturated heterocycles. The van der Waals surface area contributed by atoms with Gasteiger partial charge in [0.2, 0.25) is 0 Å². The second-order valence-electron chi connectivity index (χ2n) is 5.33. The average molecular weight is 268 g/mol. The first-order valence-electron chi connectivity index (χ1n) is 7.21. The number of rotatable bonds is 5. The van der Waals surface area contributed by atoms with Crippen LogP contribution in [0, 0.1) is 5.92 Å². The largest absolute Gasteiger partial charge is 0.380 e. The molecule has 0 heterocycles. The first kappa shape index (κ1) is 13.3. The second-order valence-corrected chi connectivity index (χ2v) is 5.33. The van der Waals surface area contributed by atoms with E-state index in [0.29, 0.717) is 6.61 Å². The summed E-state index contributed by atoms with van der Waals surface area (Å²) in [5.41, 5.74) is 0.930. The molecule has 0 aromatic heterocycles. The number of hydrogen-bond donors (Lipinski definition) is 1. The van der Waals surface area contributed by atoms with Gasteiger partial charge < -0.3 is 9.84 Å². The summed E-state index contributed by atoms with van der Waals surface area (Å²) in [6, 6.07) is 19.8. The van der Waals surface area contributed by atoms with Crippen molar-refractivity contribution in [1.29, 1.82) is 0 Å². The third kappa shape index (κ3) is 2.26. The van der Waals surface area contributed by atoms with E-state index in [1.165, 1.54) is 0 Å². The van der Waals surface area contributed by atoms with Gasteiger partial charge in [-0.25, -0.2) is 0 Å². The van der Waals surface area contributed by atoms with E-state index < -0.39 is 5.60 Å². The van der Waals surface area contributed by atoms with E-state index in [1.54, 1.807) is 0 Å². The van der Waals surface area contributed by atoms with E-state index >= 15 is 0 Å². The van der Waals surface area contributed by atoms with Crippen LogP contribution in [-0.4, -0.2) is 17.8 Å². The molecule has 1 saturated carbocycles. The fourth-order valence-corrected chi connectivity index (χ4v) is 2.99. The van der Waals surface area contributed by atoms with Crippen LogP contribution in [0.15, 0.2) is 60.7 Å². The van der Waals surface area contributed by atoms with Crippen LogP contribution in [0.1, 0.15) is 24.5 Å². The molecule has 0 aliphatic heterocycles. The van der Waals surface area contributed by atoms with E-state index in [4.69, 9.17) is 4.74 Å². The van der Waals surface area contributed by atoms with Crippen molar-refractivity contribution in [3.63, 3.8) is 0 Å². The van der Waals surface area contributed by atoms with Crippen molar-refractivity contribution in [1.82, 2.24) is 0 Å². The molecule has 3 rings (SSSR count). The Balaban J connectivity index is 2.01. The Kier molecular flexibility index (Phi) is 3.60. The molecule has 2 heteroatoms. The summed E-state index contributed by atoms with van der Waals surface area (Å²) in [5, 5.41) is 11.4. The quantitative estimate of drug-likeness (QED) is 0.901. The Morgan fingerprint density at radius 2 is 1.50 bits per heavy atom. The Morgan fingerprint density at radius 1 is 1.00 bits per heavy atom. The van der Waals surface area contributed by atoms with Gasteiger partial charge in [0.25, 0.3) is 0 Å². The molecule has 0 bridgehead atoms. The van der Waals surface area contributed by atoms with Crippen LogP contribution in [0.4, 0.5) is 0 Å². The van der Waals surface area contributed by atoms with Crippen molar-refractivity contribution in [3.05, 3.63) is 71.8 Å². The lowest BCUT2D eigenvalue weighted by molar-refractivity contribution is 0.0217. The van der Waals surface area contributed by atoms with Gasteiger partial charge in [0.15, 0.2) is 0 Å². The molecular weight excluding hydrogens is 248 g/mol. The molecule has 0 radical (unpaired) electrons. The van der Waals surface area contributed by atoms with Crippen molar-refractivity contribution in [2.45, 2.75) is 25.0 Å². The summed E-state index contributed by atoms with van der Waals surface area (Å²) in [7, 11) is 0. The van der Waals surface area contributed by atoms with Crippen LogP contribution >= 0.6 is 0 Å². The van der Waals surface area contributed by atoms with E-state index in [-0.39, 0.29) is 12.0 Å². The normalized spacial score (nSPS) is 21.7. The lowest BCUT2D eigenvalue weighted by Crippen LogP contribution is -2.31. The molecular formula is C18H20O2. The highest BCUT2D eigenvalue weighted by Crippen LogP contribution is 2.51. The summed E-state index contributed by atoms with van der Waals surface area (Å²) >= 11 is 0. The van der Waals surface area contributed by atoms with Gasteiger partial charge in [0.05, 0.1) is 6.10 Å².